The Morgan fingerprint density at radius 3 is 2.09 bits per heavy atom. The molecule has 1 aliphatic carbocycles. The van der Waals surface area contributed by atoms with E-state index in [0.717, 1.165) is 36.3 Å². The molecule has 1 aliphatic rings. The van der Waals surface area contributed by atoms with Gasteiger partial charge in [-0.2, -0.15) is 0 Å². The molecule has 0 aliphatic heterocycles. The van der Waals surface area contributed by atoms with Crippen molar-refractivity contribution < 1.29 is 9.67 Å². The van der Waals surface area contributed by atoms with Gasteiger partial charge in [0.15, 0.2) is 0 Å². The van der Waals surface area contributed by atoms with Crippen LogP contribution in [0.4, 0.5) is 0 Å². The first-order valence-electron chi connectivity index (χ1n) is 8.25. The fourth-order valence-corrected chi connectivity index (χ4v) is 5.75. The lowest BCUT2D eigenvalue weighted by Crippen LogP contribution is -2.18. The predicted octanol–water partition coefficient (Wildman–Crippen LogP) is 3.86. The Labute approximate surface area is 138 Å². The fourth-order valence-electron chi connectivity index (χ4n) is 3.21. The Hall–Kier alpha value is -1.63. The summed E-state index contributed by atoms with van der Waals surface area (Å²) in [4.78, 5) is 0. The van der Waals surface area contributed by atoms with Gasteiger partial charge in [0.25, 0.3) is 0 Å². The molecular formula is C20H23O2P. The molecule has 1 saturated carbocycles. The van der Waals surface area contributed by atoms with E-state index in [1.54, 1.807) is 0 Å². The van der Waals surface area contributed by atoms with Crippen LogP contribution in [0.3, 0.4) is 0 Å². The monoisotopic (exact) mass is 326 g/mol. The van der Waals surface area contributed by atoms with E-state index in [-0.39, 0.29) is 6.10 Å². The standard InChI is InChI=1S/C20H23O2P/c21-18-9-7-8-17(16-18)14-15-23(22,19-10-3-1-4-11-19)20-12-5-2-6-13-20/h1-6,10-14,18,21H,7-9,15-16H2/b17-14-/t18-/m0/s1. The van der Waals surface area contributed by atoms with Crippen LogP contribution in [0.25, 0.3) is 0 Å². The number of hydrogen-bond donors (Lipinski definition) is 1. The van der Waals surface area contributed by atoms with Crippen molar-refractivity contribution in [3.05, 3.63) is 72.3 Å². The number of aliphatic hydroxyl groups is 1. The van der Waals surface area contributed by atoms with E-state index in [2.05, 4.69) is 6.08 Å². The van der Waals surface area contributed by atoms with Crippen LogP contribution in [0.1, 0.15) is 25.7 Å². The normalized spacial score (nSPS) is 20.6. The van der Waals surface area contributed by atoms with E-state index in [1.165, 1.54) is 5.57 Å². The van der Waals surface area contributed by atoms with Crippen LogP contribution < -0.4 is 10.6 Å². The van der Waals surface area contributed by atoms with E-state index < -0.39 is 7.14 Å². The average molecular weight is 326 g/mol. The minimum Gasteiger partial charge on any atom is -0.393 e. The molecule has 3 rings (SSSR count). The first-order valence-corrected chi connectivity index (χ1v) is 10.1. The molecule has 0 amide bonds. The van der Waals surface area contributed by atoms with Gasteiger partial charge in [-0.15, -0.1) is 0 Å². The van der Waals surface area contributed by atoms with Gasteiger partial charge in [0.1, 0.15) is 7.14 Å². The quantitative estimate of drug-likeness (QED) is 0.684. The van der Waals surface area contributed by atoms with Crippen LogP contribution >= 0.6 is 7.14 Å². The lowest BCUT2D eigenvalue weighted by molar-refractivity contribution is 0.149. The maximum atomic E-state index is 13.8. The molecule has 0 aromatic heterocycles. The van der Waals surface area contributed by atoms with E-state index in [0.29, 0.717) is 6.16 Å². The summed E-state index contributed by atoms with van der Waals surface area (Å²) in [6.07, 6.45) is 6.06. The summed E-state index contributed by atoms with van der Waals surface area (Å²) in [5.41, 5.74) is 1.25. The minimum absolute atomic E-state index is 0.233. The van der Waals surface area contributed by atoms with Gasteiger partial charge < -0.3 is 9.67 Å². The van der Waals surface area contributed by atoms with Gasteiger partial charge >= 0.3 is 0 Å². The van der Waals surface area contributed by atoms with Crippen molar-refractivity contribution >= 4 is 17.8 Å². The summed E-state index contributed by atoms with van der Waals surface area (Å²) >= 11 is 0. The average Bonchev–Trinajstić information content (AvgIpc) is 2.61. The van der Waals surface area contributed by atoms with Gasteiger partial charge in [-0.05, 0) is 25.7 Å². The number of hydrogen-bond acceptors (Lipinski definition) is 2. The zero-order valence-corrected chi connectivity index (χ0v) is 14.2. The minimum atomic E-state index is -2.67. The van der Waals surface area contributed by atoms with Gasteiger partial charge in [-0.1, -0.05) is 72.3 Å². The largest absolute Gasteiger partial charge is 0.393 e. The first kappa shape index (κ1) is 16.2. The van der Waals surface area contributed by atoms with E-state index in [9.17, 15) is 9.67 Å². The molecule has 2 aromatic rings. The van der Waals surface area contributed by atoms with E-state index in [4.69, 9.17) is 0 Å². The Kier molecular flexibility index (Phi) is 5.15. The Morgan fingerprint density at radius 1 is 1.00 bits per heavy atom. The molecule has 1 fully saturated rings. The van der Waals surface area contributed by atoms with Gasteiger partial charge in [0, 0.05) is 16.8 Å². The highest BCUT2D eigenvalue weighted by Crippen LogP contribution is 2.44. The topological polar surface area (TPSA) is 37.3 Å². The third-order valence-corrected chi connectivity index (χ3v) is 7.48. The molecule has 0 unspecified atom stereocenters. The summed E-state index contributed by atoms with van der Waals surface area (Å²) in [6.45, 7) is 0. The van der Waals surface area contributed by atoms with Crippen molar-refractivity contribution in [1.82, 2.24) is 0 Å². The number of allylic oxidation sites excluding steroid dienone is 1. The molecular weight excluding hydrogens is 303 g/mol. The molecule has 1 atom stereocenters. The lowest BCUT2D eigenvalue weighted by Gasteiger charge is -2.22. The molecule has 0 radical (unpaired) electrons. The van der Waals surface area contributed by atoms with Gasteiger partial charge in [-0.3, -0.25) is 0 Å². The van der Waals surface area contributed by atoms with Crippen molar-refractivity contribution in [2.45, 2.75) is 31.8 Å². The fraction of sp³-hybridized carbons (Fsp3) is 0.300. The van der Waals surface area contributed by atoms with Crippen molar-refractivity contribution in [2.24, 2.45) is 0 Å². The highest BCUT2D eigenvalue weighted by molar-refractivity contribution is 7.78. The SMILES string of the molecule is O=P(C/C=C1/CCC[C@H](O)C1)(c1ccccc1)c1ccccc1. The van der Waals surface area contributed by atoms with Crippen molar-refractivity contribution in [2.75, 3.05) is 6.16 Å². The zero-order chi connectivity index (χ0) is 16.1. The molecule has 0 spiro atoms. The molecule has 0 heterocycles. The third-order valence-electron chi connectivity index (χ3n) is 4.52. The number of benzene rings is 2. The molecule has 3 heteroatoms. The summed E-state index contributed by atoms with van der Waals surface area (Å²) < 4.78 is 13.8. The number of aliphatic hydroxyl groups excluding tert-OH is 1. The predicted molar refractivity (Wildman–Crippen MR) is 97.2 cm³/mol. The van der Waals surface area contributed by atoms with Gasteiger partial charge in [-0.25, -0.2) is 0 Å². The second kappa shape index (κ2) is 7.29. The molecule has 1 N–H and O–H groups in total. The molecule has 2 aromatic carbocycles. The van der Waals surface area contributed by atoms with Crippen LogP contribution in [-0.4, -0.2) is 17.4 Å². The molecule has 120 valence electrons. The maximum Gasteiger partial charge on any atom is 0.146 e. The molecule has 2 nitrogen and oxygen atoms in total. The van der Waals surface area contributed by atoms with Crippen LogP contribution in [-0.2, 0) is 4.57 Å². The Balaban J connectivity index is 1.93. The molecule has 0 bridgehead atoms. The second-order valence-electron chi connectivity index (χ2n) is 6.21. The van der Waals surface area contributed by atoms with Crippen LogP contribution in [0.5, 0.6) is 0 Å². The maximum absolute atomic E-state index is 13.8. The highest BCUT2D eigenvalue weighted by atomic mass is 31.2. The first-order chi connectivity index (χ1) is 11.2. The molecule has 23 heavy (non-hydrogen) atoms. The Bertz CT molecular complexity index is 663. The van der Waals surface area contributed by atoms with E-state index in [1.807, 2.05) is 60.7 Å². The third kappa shape index (κ3) is 3.83. The lowest BCUT2D eigenvalue weighted by atomic mass is 9.93. The van der Waals surface area contributed by atoms with Crippen LogP contribution in [0, 0.1) is 0 Å². The van der Waals surface area contributed by atoms with Crippen molar-refractivity contribution in [3.63, 3.8) is 0 Å². The van der Waals surface area contributed by atoms with Crippen molar-refractivity contribution in [1.29, 1.82) is 0 Å². The van der Waals surface area contributed by atoms with Gasteiger partial charge in [0.05, 0.1) is 6.10 Å². The smallest absolute Gasteiger partial charge is 0.146 e. The summed E-state index contributed by atoms with van der Waals surface area (Å²) in [5, 5.41) is 11.6. The Morgan fingerprint density at radius 2 is 1.57 bits per heavy atom. The second-order valence-corrected chi connectivity index (χ2v) is 9.08. The summed E-state index contributed by atoms with van der Waals surface area (Å²) in [6, 6.07) is 19.5. The van der Waals surface area contributed by atoms with E-state index >= 15 is 0 Å². The highest BCUT2D eigenvalue weighted by Gasteiger charge is 2.26. The molecule has 0 saturated heterocycles. The zero-order valence-electron chi connectivity index (χ0n) is 13.3. The summed E-state index contributed by atoms with van der Waals surface area (Å²) in [5.74, 6) is 0. The number of rotatable bonds is 4. The van der Waals surface area contributed by atoms with Crippen molar-refractivity contribution in [3.8, 4) is 0 Å². The van der Waals surface area contributed by atoms with Gasteiger partial charge in [0.2, 0.25) is 0 Å². The summed E-state index contributed by atoms with van der Waals surface area (Å²) in [7, 11) is -2.67. The van der Waals surface area contributed by atoms with Crippen LogP contribution in [0.2, 0.25) is 0 Å². The van der Waals surface area contributed by atoms with Crippen LogP contribution in [0.15, 0.2) is 72.3 Å².